The van der Waals surface area contributed by atoms with E-state index in [-0.39, 0.29) is 0 Å². The Kier molecular flexibility index (Phi) is 7.08. The highest BCUT2D eigenvalue weighted by Crippen LogP contribution is 2.63. The molecule has 1 aromatic heterocycles. The third kappa shape index (κ3) is 4.90. The Morgan fingerprint density at radius 1 is 0.340 bits per heavy atom. The maximum absolute atomic E-state index is 5.14. The van der Waals surface area contributed by atoms with E-state index in [4.69, 9.17) is 15.0 Å². The van der Waals surface area contributed by atoms with Crippen molar-refractivity contribution in [1.29, 1.82) is 0 Å². The van der Waals surface area contributed by atoms with E-state index in [0.29, 0.717) is 17.5 Å². The molecule has 4 heteroatoms. The SMILES string of the molecule is C[Si](C)(C)c1ccc(-c2ccc3c(c2)C2(c4ccccc4-c4ccccc42)c2cc(-c4nc(-c5ccccc5)nc(-c5ccccc5)n4)ccc2-3)cc1. The molecule has 10 rings (SSSR count). The molecule has 1 heterocycles. The third-order valence-electron chi connectivity index (χ3n) is 11.1. The van der Waals surface area contributed by atoms with E-state index in [0.717, 1.165) is 16.7 Å². The van der Waals surface area contributed by atoms with Gasteiger partial charge in [0, 0.05) is 16.7 Å². The van der Waals surface area contributed by atoms with Gasteiger partial charge < -0.3 is 0 Å². The van der Waals surface area contributed by atoms with Crippen LogP contribution in [-0.4, -0.2) is 23.0 Å². The molecule has 2 aliphatic rings. The molecule has 1 spiro atoms. The summed E-state index contributed by atoms with van der Waals surface area (Å²) >= 11 is 0. The predicted octanol–water partition coefficient (Wildman–Crippen LogP) is 11.4. The van der Waals surface area contributed by atoms with Gasteiger partial charge in [0.15, 0.2) is 17.5 Å². The number of nitrogens with zero attached hydrogens (tertiary/aromatic N) is 3. The molecule has 0 fully saturated rings. The van der Waals surface area contributed by atoms with Gasteiger partial charge in [0.25, 0.3) is 0 Å². The fourth-order valence-electron chi connectivity index (χ4n) is 8.56. The fraction of sp³-hybridized carbons (Fsp3) is 0.0816. The lowest BCUT2D eigenvalue weighted by molar-refractivity contribution is 0.794. The molecule has 53 heavy (non-hydrogen) atoms. The van der Waals surface area contributed by atoms with Crippen LogP contribution in [0.4, 0.5) is 0 Å². The Hall–Kier alpha value is -6.23. The van der Waals surface area contributed by atoms with Crippen molar-refractivity contribution in [3.8, 4) is 67.5 Å². The van der Waals surface area contributed by atoms with Gasteiger partial charge in [0.2, 0.25) is 0 Å². The molecule has 0 N–H and O–H groups in total. The lowest BCUT2D eigenvalue weighted by Gasteiger charge is -2.31. The van der Waals surface area contributed by atoms with Gasteiger partial charge in [0.1, 0.15) is 0 Å². The third-order valence-corrected chi connectivity index (χ3v) is 13.2. The average molecular weight is 696 g/mol. The lowest BCUT2D eigenvalue weighted by Crippen LogP contribution is -2.37. The molecule has 8 aromatic rings. The van der Waals surface area contributed by atoms with Crippen molar-refractivity contribution in [1.82, 2.24) is 15.0 Å². The van der Waals surface area contributed by atoms with Crippen LogP contribution in [0.1, 0.15) is 22.3 Å². The first kappa shape index (κ1) is 31.5. The number of hydrogen-bond acceptors (Lipinski definition) is 3. The monoisotopic (exact) mass is 695 g/mol. The second-order valence-electron chi connectivity index (χ2n) is 15.2. The van der Waals surface area contributed by atoms with Crippen LogP contribution in [0.15, 0.2) is 170 Å². The minimum Gasteiger partial charge on any atom is -0.208 e. The summed E-state index contributed by atoms with van der Waals surface area (Å²) in [5.41, 5.74) is 15.2. The molecule has 0 bridgehead atoms. The van der Waals surface area contributed by atoms with Crippen LogP contribution in [0.25, 0.3) is 67.5 Å². The summed E-state index contributed by atoms with van der Waals surface area (Å²) in [6.07, 6.45) is 0. The Labute approximate surface area is 311 Å². The Morgan fingerprint density at radius 3 is 1.25 bits per heavy atom. The molecule has 2 aliphatic carbocycles. The number of benzene rings is 7. The number of aromatic nitrogens is 3. The van der Waals surface area contributed by atoms with Crippen LogP contribution in [-0.2, 0) is 5.41 Å². The molecule has 0 saturated carbocycles. The van der Waals surface area contributed by atoms with Gasteiger partial charge in [-0.25, -0.2) is 15.0 Å². The van der Waals surface area contributed by atoms with Crippen molar-refractivity contribution in [2.45, 2.75) is 25.1 Å². The summed E-state index contributed by atoms with van der Waals surface area (Å²) in [6, 6.07) is 61.6. The van der Waals surface area contributed by atoms with E-state index >= 15 is 0 Å². The average Bonchev–Trinajstić information content (AvgIpc) is 3.68. The van der Waals surface area contributed by atoms with Crippen LogP contribution in [0.2, 0.25) is 19.6 Å². The van der Waals surface area contributed by atoms with E-state index in [9.17, 15) is 0 Å². The molecule has 0 aliphatic heterocycles. The number of rotatable bonds is 5. The Morgan fingerprint density at radius 2 is 0.736 bits per heavy atom. The number of fused-ring (bicyclic) bond motifs is 10. The van der Waals surface area contributed by atoms with Crippen molar-refractivity contribution >= 4 is 13.3 Å². The Bertz CT molecular complexity index is 2590. The molecule has 0 unspecified atom stereocenters. The predicted molar refractivity (Wildman–Crippen MR) is 221 cm³/mol. The van der Waals surface area contributed by atoms with Crippen LogP contribution in [0, 0.1) is 0 Å². The van der Waals surface area contributed by atoms with Gasteiger partial charge in [-0.15, -0.1) is 0 Å². The van der Waals surface area contributed by atoms with Gasteiger partial charge in [-0.2, -0.15) is 0 Å². The summed E-state index contributed by atoms with van der Waals surface area (Å²) in [7, 11) is -1.42. The molecule has 3 nitrogen and oxygen atoms in total. The highest BCUT2D eigenvalue weighted by atomic mass is 28.3. The van der Waals surface area contributed by atoms with Crippen molar-refractivity contribution in [3.05, 3.63) is 192 Å². The summed E-state index contributed by atoms with van der Waals surface area (Å²) in [4.78, 5) is 15.2. The van der Waals surface area contributed by atoms with Crippen LogP contribution in [0.3, 0.4) is 0 Å². The first-order valence-electron chi connectivity index (χ1n) is 18.4. The van der Waals surface area contributed by atoms with Crippen molar-refractivity contribution in [2.75, 3.05) is 0 Å². The zero-order chi connectivity index (χ0) is 35.7. The zero-order valence-electron chi connectivity index (χ0n) is 30.0. The second kappa shape index (κ2) is 11.9. The summed E-state index contributed by atoms with van der Waals surface area (Å²) in [6.45, 7) is 7.22. The standard InChI is InChI=1S/C49H37N3Si/c1-53(2,3)37-26-22-32(23-27-37)35-24-28-40-41-29-25-36(48-51-46(33-14-6-4-7-15-33)50-47(52-48)34-16-8-5-9-17-34)31-45(41)49(44(40)30-35)42-20-12-10-18-38(42)39-19-11-13-21-43(39)49/h4-31H,1-3H3. The fourth-order valence-corrected chi connectivity index (χ4v) is 9.72. The van der Waals surface area contributed by atoms with Gasteiger partial charge >= 0.3 is 0 Å². The van der Waals surface area contributed by atoms with Gasteiger partial charge in [-0.05, 0) is 67.8 Å². The maximum atomic E-state index is 5.14. The van der Waals surface area contributed by atoms with E-state index in [1.54, 1.807) is 0 Å². The first-order chi connectivity index (χ1) is 25.9. The minimum atomic E-state index is -1.42. The zero-order valence-corrected chi connectivity index (χ0v) is 31.0. The smallest absolute Gasteiger partial charge is 0.164 e. The quantitative estimate of drug-likeness (QED) is 0.168. The minimum absolute atomic E-state index is 0.500. The molecule has 0 radical (unpaired) electrons. The maximum Gasteiger partial charge on any atom is 0.164 e. The lowest BCUT2D eigenvalue weighted by atomic mass is 9.70. The molecule has 252 valence electrons. The second-order valence-corrected chi connectivity index (χ2v) is 20.3. The van der Waals surface area contributed by atoms with E-state index in [1.165, 1.54) is 60.8 Å². The topological polar surface area (TPSA) is 38.7 Å². The van der Waals surface area contributed by atoms with E-state index < -0.39 is 13.5 Å². The van der Waals surface area contributed by atoms with Crippen LogP contribution >= 0.6 is 0 Å². The molecular formula is C49H37N3Si. The van der Waals surface area contributed by atoms with Crippen LogP contribution < -0.4 is 5.19 Å². The highest BCUT2D eigenvalue weighted by Gasteiger charge is 2.51. The largest absolute Gasteiger partial charge is 0.208 e. The number of hydrogen-bond donors (Lipinski definition) is 0. The molecule has 0 atom stereocenters. The van der Waals surface area contributed by atoms with Crippen LogP contribution in [0.5, 0.6) is 0 Å². The van der Waals surface area contributed by atoms with Gasteiger partial charge in [-0.1, -0.05) is 183 Å². The summed E-state index contributed by atoms with van der Waals surface area (Å²) in [5, 5.41) is 1.47. The molecule has 0 saturated heterocycles. The van der Waals surface area contributed by atoms with Gasteiger partial charge in [-0.3, -0.25) is 0 Å². The van der Waals surface area contributed by atoms with E-state index in [2.05, 4.69) is 153 Å². The first-order valence-corrected chi connectivity index (χ1v) is 21.9. The summed E-state index contributed by atoms with van der Waals surface area (Å²) < 4.78 is 0. The van der Waals surface area contributed by atoms with Crippen molar-refractivity contribution < 1.29 is 0 Å². The molecule has 0 amide bonds. The highest BCUT2D eigenvalue weighted by molar-refractivity contribution is 6.88. The van der Waals surface area contributed by atoms with E-state index in [1.807, 2.05) is 36.4 Å². The van der Waals surface area contributed by atoms with Crippen molar-refractivity contribution in [2.24, 2.45) is 0 Å². The van der Waals surface area contributed by atoms with Crippen molar-refractivity contribution in [3.63, 3.8) is 0 Å². The molecule has 7 aromatic carbocycles. The molecular weight excluding hydrogens is 659 g/mol. The Balaban J connectivity index is 1.22. The summed E-state index contributed by atoms with van der Waals surface area (Å²) in [5.74, 6) is 1.98. The normalized spacial score (nSPS) is 13.3. The van der Waals surface area contributed by atoms with Gasteiger partial charge in [0.05, 0.1) is 13.5 Å².